The highest BCUT2D eigenvalue weighted by atomic mass is 16.4. The first kappa shape index (κ1) is 16.8. The van der Waals surface area contributed by atoms with Gasteiger partial charge >= 0.3 is 12.0 Å². The van der Waals surface area contributed by atoms with E-state index in [0.717, 1.165) is 19.3 Å². The molecule has 1 rings (SSSR count). The number of carboxylic acids is 1. The molecule has 0 spiro atoms. The average molecular weight is 286 g/mol. The Morgan fingerprint density at radius 1 is 1.25 bits per heavy atom. The lowest BCUT2D eigenvalue weighted by atomic mass is 9.91. The van der Waals surface area contributed by atoms with Crippen LogP contribution in [0.5, 0.6) is 0 Å². The average Bonchev–Trinajstić information content (AvgIpc) is 2.30. The van der Waals surface area contributed by atoms with Gasteiger partial charge in [-0.05, 0) is 39.5 Å². The number of hydrogen-bond acceptors (Lipinski definition) is 3. The molecule has 0 radical (unpaired) electrons. The predicted octanol–water partition coefficient (Wildman–Crippen LogP) is 1.53. The van der Waals surface area contributed by atoms with Crippen LogP contribution in [0.1, 0.15) is 46.0 Å². The second-order valence-electron chi connectivity index (χ2n) is 5.57. The van der Waals surface area contributed by atoms with Crippen LogP contribution < -0.4 is 0 Å². The summed E-state index contributed by atoms with van der Waals surface area (Å²) in [4.78, 5) is 26.6. The Hall–Kier alpha value is -1.30. The lowest BCUT2D eigenvalue weighted by Gasteiger charge is -2.41. The van der Waals surface area contributed by atoms with Crippen molar-refractivity contribution in [1.29, 1.82) is 0 Å². The molecule has 6 nitrogen and oxygen atoms in total. The van der Waals surface area contributed by atoms with Crippen LogP contribution in [0.4, 0.5) is 4.79 Å². The van der Waals surface area contributed by atoms with Crippen molar-refractivity contribution < 1.29 is 19.8 Å². The van der Waals surface area contributed by atoms with Gasteiger partial charge in [0.2, 0.25) is 0 Å². The normalized spacial score (nSPS) is 15.0. The number of carboxylic acid groups (broad SMARTS) is 1. The summed E-state index contributed by atoms with van der Waals surface area (Å²) in [5.74, 6) is -0.840. The summed E-state index contributed by atoms with van der Waals surface area (Å²) in [5.41, 5.74) is 0. The van der Waals surface area contributed by atoms with Gasteiger partial charge in [-0.1, -0.05) is 0 Å². The van der Waals surface area contributed by atoms with E-state index in [1.165, 1.54) is 0 Å². The molecule has 0 aliphatic heterocycles. The first-order valence-electron chi connectivity index (χ1n) is 7.37. The van der Waals surface area contributed by atoms with Crippen LogP contribution in [0.15, 0.2) is 0 Å². The lowest BCUT2D eigenvalue weighted by Crippen LogP contribution is -2.53. The Balaban J connectivity index is 2.62. The molecule has 1 fully saturated rings. The maximum Gasteiger partial charge on any atom is 0.320 e. The van der Waals surface area contributed by atoms with Gasteiger partial charge in [-0.15, -0.1) is 0 Å². The van der Waals surface area contributed by atoms with E-state index in [2.05, 4.69) is 0 Å². The molecule has 20 heavy (non-hydrogen) atoms. The zero-order valence-electron chi connectivity index (χ0n) is 12.4. The van der Waals surface area contributed by atoms with E-state index in [1.807, 2.05) is 13.8 Å². The first-order chi connectivity index (χ1) is 9.47. The predicted molar refractivity (Wildman–Crippen MR) is 75.5 cm³/mol. The third-order valence-electron chi connectivity index (χ3n) is 3.76. The minimum atomic E-state index is -0.840. The SMILES string of the molecule is CC(C)N(CCCC(=O)O)C(=O)N(CCO)C1CCC1. The van der Waals surface area contributed by atoms with Crippen molar-refractivity contribution in [2.75, 3.05) is 19.7 Å². The van der Waals surface area contributed by atoms with Crippen molar-refractivity contribution in [2.24, 2.45) is 0 Å². The number of carbonyl (C=O) groups excluding carboxylic acids is 1. The van der Waals surface area contributed by atoms with Gasteiger partial charge < -0.3 is 20.0 Å². The Morgan fingerprint density at radius 2 is 1.90 bits per heavy atom. The van der Waals surface area contributed by atoms with E-state index in [-0.39, 0.29) is 31.1 Å². The van der Waals surface area contributed by atoms with E-state index >= 15 is 0 Å². The number of carbonyl (C=O) groups is 2. The summed E-state index contributed by atoms with van der Waals surface area (Å²) >= 11 is 0. The van der Waals surface area contributed by atoms with E-state index in [1.54, 1.807) is 9.80 Å². The molecule has 0 unspecified atom stereocenters. The zero-order chi connectivity index (χ0) is 15.1. The summed E-state index contributed by atoms with van der Waals surface area (Å²) in [5, 5.41) is 17.8. The number of rotatable bonds is 8. The standard InChI is InChI=1S/C14H26N2O4/c1-11(2)15(8-4-7-13(18)19)14(20)16(9-10-17)12-5-3-6-12/h11-12,17H,3-10H2,1-2H3,(H,18,19). The highest BCUT2D eigenvalue weighted by Gasteiger charge is 2.31. The van der Waals surface area contributed by atoms with E-state index in [4.69, 9.17) is 10.2 Å². The van der Waals surface area contributed by atoms with Crippen LogP contribution in [0.3, 0.4) is 0 Å². The fourth-order valence-electron chi connectivity index (χ4n) is 2.38. The molecule has 1 aliphatic carbocycles. The molecular weight excluding hydrogens is 260 g/mol. The molecule has 2 amide bonds. The number of aliphatic hydroxyl groups excluding tert-OH is 1. The molecule has 2 N–H and O–H groups in total. The van der Waals surface area contributed by atoms with E-state index in [0.29, 0.717) is 19.5 Å². The fraction of sp³-hybridized carbons (Fsp3) is 0.857. The quantitative estimate of drug-likeness (QED) is 0.709. The Bertz CT molecular complexity index is 329. The zero-order valence-corrected chi connectivity index (χ0v) is 12.4. The minimum absolute atomic E-state index is 0.0255. The third-order valence-corrected chi connectivity index (χ3v) is 3.76. The molecule has 0 heterocycles. The second-order valence-corrected chi connectivity index (χ2v) is 5.57. The van der Waals surface area contributed by atoms with Crippen LogP contribution in [0, 0.1) is 0 Å². The Kier molecular flexibility index (Phi) is 6.78. The van der Waals surface area contributed by atoms with Crippen molar-refractivity contribution in [3.8, 4) is 0 Å². The summed E-state index contributed by atoms with van der Waals surface area (Å²) < 4.78 is 0. The molecule has 0 bridgehead atoms. The Morgan fingerprint density at radius 3 is 2.30 bits per heavy atom. The minimum Gasteiger partial charge on any atom is -0.481 e. The number of hydrogen-bond donors (Lipinski definition) is 2. The maximum atomic E-state index is 12.6. The smallest absolute Gasteiger partial charge is 0.320 e. The molecule has 0 aromatic rings. The molecule has 1 saturated carbocycles. The van der Waals surface area contributed by atoms with Gasteiger partial charge in [0.25, 0.3) is 0 Å². The van der Waals surface area contributed by atoms with Gasteiger partial charge in [0, 0.05) is 31.6 Å². The van der Waals surface area contributed by atoms with Gasteiger partial charge in [-0.2, -0.15) is 0 Å². The van der Waals surface area contributed by atoms with Gasteiger partial charge in [0.15, 0.2) is 0 Å². The topological polar surface area (TPSA) is 81.1 Å². The fourth-order valence-corrected chi connectivity index (χ4v) is 2.38. The van der Waals surface area contributed by atoms with E-state index < -0.39 is 5.97 Å². The molecule has 0 atom stereocenters. The summed E-state index contributed by atoms with van der Waals surface area (Å²) in [6.07, 6.45) is 3.64. The van der Waals surface area contributed by atoms with Crippen LogP contribution in [0.2, 0.25) is 0 Å². The van der Waals surface area contributed by atoms with Crippen molar-refractivity contribution >= 4 is 12.0 Å². The number of nitrogens with zero attached hydrogens (tertiary/aromatic N) is 2. The van der Waals surface area contributed by atoms with Crippen molar-refractivity contribution in [3.05, 3.63) is 0 Å². The van der Waals surface area contributed by atoms with Crippen molar-refractivity contribution in [1.82, 2.24) is 9.80 Å². The first-order valence-corrected chi connectivity index (χ1v) is 7.37. The molecule has 0 aromatic heterocycles. The maximum absolute atomic E-state index is 12.6. The monoisotopic (exact) mass is 286 g/mol. The number of aliphatic hydroxyl groups is 1. The molecule has 6 heteroatoms. The summed E-state index contributed by atoms with van der Waals surface area (Å²) in [6, 6.07) is 0.178. The van der Waals surface area contributed by atoms with Crippen LogP contribution in [0.25, 0.3) is 0 Å². The summed E-state index contributed by atoms with van der Waals surface area (Å²) in [6.45, 7) is 4.61. The van der Waals surface area contributed by atoms with Gasteiger partial charge in [0.05, 0.1) is 6.61 Å². The highest BCUT2D eigenvalue weighted by molar-refractivity contribution is 5.75. The number of aliphatic carboxylic acids is 1. The summed E-state index contributed by atoms with van der Waals surface area (Å²) in [7, 11) is 0. The lowest BCUT2D eigenvalue weighted by molar-refractivity contribution is -0.137. The third kappa shape index (κ3) is 4.67. The van der Waals surface area contributed by atoms with Crippen molar-refractivity contribution in [2.45, 2.75) is 58.0 Å². The second kappa shape index (κ2) is 8.09. The van der Waals surface area contributed by atoms with E-state index in [9.17, 15) is 9.59 Å². The molecule has 1 aliphatic rings. The van der Waals surface area contributed by atoms with Crippen LogP contribution in [-0.4, -0.2) is 63.8 Å². The molecule has 0 aromatic carbocycles. The van der Waals surface area contributed by atoms with Gasteiger partial charge in [-0.25, -0.2) is 4.79 Å². The van der Waals surface area contributed by atoms with Gasteiger partial charge in [0.1, 0.15) is 0 Å². The number of urea groups is 1. The molecule has 116 valence electrons. The highest BCUT2D eigenvalue weighted by Crippen LogP contribution is 2.26. The van der Waals surface area contributed by atoms with Crippen LogP contribution >= 0.6 is 0 Å². The molecular formula is C14H26N2O4. The Labute approximate surface area is 120 Å². The van der Waals surface area contributed by atoms with Gasteiger partial charge in [-0.3, -0.25) is 4.79 Å². The van der Waals surface area contributed by atoms with Crippen molar-refractivity contribution in [3.63, 3.8) is 0 Å². The largest absolute Gasteiger partial charge is 0.481 e. The van der Waals surface area contributed by atoms with Crippen LogP contribution in [-0.2, 0) is 4.79 Å². The number of amides is 2. The molecule has 0 saturated heterocycles.